The molecular weight excluding hydrogens is 1850 g/mol. The molecule has 0 saturated heterocycles. The number of imidazole rings is 1. The van der Waals surface area contributed by atoms with Crippen LogP contribution in [0.25, 0.3) is 11.1 Å². The lowest BCUT2D eigenvalue weighted by Crippen LogP contribution is -2.67. The minimum atomic E-state index is -2.42. The average molecular weight is 1980 g/mol. The van der Waals surface area contributed by atoms with E-state index in [4.69, 9.17) is 34.2 Å². The SMILES string of the molecule is CCc1cc(OCCCCNC(=O)OCCOCCOCCOCCNC(=O)OC[C@@H]2[C@@H]3CCc4[nH]nnc4CC[C@@H]32)ccc1-c1ccc(C[C@H](NC(=O)[C@H](CC(=O)O)NC(=O)[C@H](CO)NC(=O)[C@@H](NC(=O)[C@](C)(Cc2ccccc2F)NC(=O)[C@@H](NC(=O)CNC(=O)[C@H](Cc2nn[nH]n2)NC(=O)C(C)(C)C(=O)NCCc2cnc[nH]2)[C@@H](C)O)[C@@H](C)O)C(=O)N[C@@H](CCCc2cc(C)cc(C)c2)C(N)=O)cc1. The predicted octanol–water partition coefficient (Wildman–Crippen LogP) is -0.337. The predicted molar refractivity (Wildman–Crippen MR) is 505 cm³/mol. The molecule has 21 N–H and O–H groups in total. The maximum atomic E-state index is 15.6. The average Bonchev–Trinajstić information content (AvgIpc) is 1.61. The zero-order chi connectivity index (χ0) is 103. The van der Waals surface area contributed by atoms with Gasteiger partial charge in [-0.25, -0.2) is 19.0 Å². The number of aryl methyl sites for hydroxylation is 6. The smallest absolute Gasteiger partial charge is 0.407 e. The standard InChI is InChI=1S/C95H131FN22O24/c1-9-60-45-64(140-33-13-12-30-100-92(135)141-40-39-139-38-37-138-36-35-137-34-32-101-93(136)142-52-68-66-25-27-70-71(113-116-112-70)28-26-67(66)68)23-24-65(60)61-21-19-58(20-22-61)44-73(84(127)104-72(82(97)125)18-14-15-59-42-54(2)41-55(3)43-59)105-85(128)75(47-79(123)124)106-86(129)76(51-119)107-87(130)80(56(4)120)110-91(134)95(8,48-62-16-10-11-17-69(62)96)111-88(131)81(57(5)121)109-78(122)50-102-83(126)74(46-77-114-117-118-115-77)108-90(133)94(6,7)89(132)99-31-29-63-49-98-53-103-63/h10-11,16-17,19-24,41-43,45,49,53,56-57,66-68,72-76,80-81,119-121H,9,12-15,18,25-40,44,46-48,50-52H2,1-8H3,(H2,97,125)(H,98,103)(H,99,132)(H,100,135)(H,101,136)(H,102,126)(H,104,127)(H,105,128)(H,106,129)(H,107,130)(H,108,133)(H,109,122)(H,110,134)(H,111,131)(H,123,124)(H,112,113,116)(H,114,115,117,118)/t56-,57-,66-,67+,68-,72+,73+,74+,75+,76+,80+,81+,95+/m1/s1. The van der Waals surface area contributed by atoms with E-state index < -0.39 is 187 Å². The van der Waals surface area contributed by atoms with E-state index in [-0.39, 0.29) is 50.6 Å². The lowest BCUT2D eigenvalue weighted by Gasteiger charge is -2.34. The molecule has 9 rings (SSSR count). The van der Waals surface area contributed by atoms with Gasteiger partial charge in [-0.15, -0.1) is 15.3 Å². The third kappa shape index (κ3) is 35.6. The lowest BCUT2D eigenvalue weighted by atomic mass is 9.90. The van der Waals surface area contributed by atoms with Crippen LogP contribution in [0.5, 0.6) is 5.75 Å². The van der Waals surface area contributed by atoms with Crippen molar-refractivity contribution in [3.63, 3.8) is 0 Å². The minimum Gasteiger partial charge on any atom is -0.494 e. The summed E-state index contributed by atoms with van der Waals surface area (Å²) in [5.41, 5.74) is 10.2. The Balaban J connectivity index is 0.755. The topological polar surface area (TPSA) is 670 Å². The molecule has 0 aliphatic heterocycles. The van der Waals surface area contributed by atoms with E-state index in [9.17, 15) is 87.5 Å². The summed E-state index contributed by atoms with van der Waals surface area (Å²) in [7, 11) is 0. The van der Waals surface area contributed by atoms with Gasteiger partial charge in [-0.2, -0.15) is 5.21 Å². The molecule has 7 aromatic rings. The molecule has 3 aromatic heterocycles. The highest BCUT2D eigenvalue weighted by atomic mass is 19.1. The van der Waals surface area contributed by atoms with Crippen LogP contribution in [0.1, 0.15) is 143 Å². The third-order valence-electron chi connectivity index (χ3n) is 24.1. The number of nitrogens with one attached hydrogen (secondary N) is 15. The molecule has 142 heavy (non-hydrogen) atoms. The first-order valence-electron chi connectivity index (χ1n) is 47.2. The van der Waals surface area contributed by atoms with E-state index in [1.54, 1.807) is 36.5 Å². The van der Waals surface area contributed by atoms with Gasteiger partial charge in [0, 0.05) is 57.2 Å². The number of primary amides is 1. The molecule has 2 aliphatic carbocycles. The summed E-state index contributed by atoms with van der Waals surface area (Å²) in [5, 5.41) is 96.7. The Kier molecular flexibility index (Phi) is 43.9. The second kappa shape index (κ2) is 55.8. The van der Waals surface area contributed by atoms with Gasteiger partial charge >= 0.3 is 18.2 Å². The van der Waals surface area contributed by atoms with Crippen LogP contribution in [0.3, 0.4) is 0 Å². The van der Waals surface area contributed by atoms with Crippen LogP contribution in [0, 0.1) is 42.8 Å². The molecule has 13 amide bonds. The maximum absolute atomic E-state index is 15.6. The van der Waals surface area contributed by atoms with Crippen molar-refractivity contribution in [2.24, 2.45) is 28.9 Å². The van der Waals surface area contributed by atoms with Crippen molar-refractivity contribution in [2.75, 3.05) is 92.2 Å². The van der Waals surface area contributed by atoms with Crippen LogP contribution in [-0.2, 0) is 133 Å². The molecule has 3 heterocycles. The Morgan fingerprint density at radius 1 is 0.585 bits per heavy atom. The highest BCUT2D eigenvalue weighted by molar-refractivity contribution is 6.06. The zero-order valence-corrected chi connectivity index (χ0v) is 80.8. The number of alkyl carbamates (subject to hydrolysis) is 2. The van der Waals surface area contributed by atoms with Gasteiger partial charge < -0.3 is 123 Å². The van der Waals surface area contributed by atoms with Gasteiger partial charge in [0.25, 0.3) is 0 Å². The summed E-state index contributed by atoms with van der Waals surface area (Å²) in [6.07, 6.45) is 2.40. The number of amides is 13. The number of ether oxygens (including phenoxy) is 6. The first-order chi connectivity index (χ1) is 67.9. The zero-order valence-electron chi connectivity index (χ0n) is 80.8. The summed E-state index contributed by atoms with van der Waals surface area (Å²) < 4.78 is 49.0. The number of carbonyl (C=O) groups excluding carboxylic acids is 13. The van der Waals surface area contributed by atoms with Gasteiger partial charge in [0.05, 0.1) is 102 Å². The number of hydrogen-bond donors (Lipinski definition) is 20. The Bertz CT molecular complexity index is 5310. The van der Waals surface area contributed by atoms with Crippen molar-refractivity contribution in [1.29, 1.82) is 0 Å². The fourth-order valence-corrected chi connectivity index (χ4v) is 16.2. The van der Waals surface area contributed by atoms with Crippen LogP contribution < -0.4 is 74.3 Å². The highest BCUT2D eigenvalue weighted by Crippen LogP contribution is 2.53. The Morgan fingerprint density at radius 3 is 1.89 bits per heavy atom. The number of carbonyl (C=O) groups is 14. The fourth-order valence-electron chi connectivity index (χ4n) is 16.2. The molecule has 13 atom stereocenters. The number of aliphatic hydroxyl groups excluding tert-OH is 3. The number of tetrazole rings is 1. The number of unbranched alkanes of at least 4 members (excludes halogenated alkanes) is 1. The molecule has 772 valence electrons. The molecule has 4 aromatic carbocycles. The van der Waals surface area contributed by atoms with E-state index in [1.807, 2.05) is 51.1 Å². The van der Waals surface area contributed by atoms with E-state index >= 15 is 4.39 Å². The van der Waals surface area contributed by atoms with Crippen LogP contribution in [-0.4, -0.2) is 302 Å². The number of fused-ring (bicyclic) bond motifs is 2. The molecule has 0 spiro atoms. The molecule has 46 nitrogen and oxygen atoms in total. The van der Waals surface area contributed by atoms with Gasteiger partial charge in [0.1, 0.15) is 71.4 Å². The monoisotopic (exact) mass is 1980 g/mol. The largest absolute Gasteiger partial charge is 0.494 e. The maximum Gasteiger partial charge on any atom is 0.407 e. The van der Waals surface area contributed by atoms with Gasteiger partial charge in [0.15, 0.2) is 5.82 Å². The molecule has 47 heteroatoms. The number of nitrogens with two attached hydrogens (primary N) is 1. The summed E-state index contributed by atoms with van der Waals surface area (Å²) in [6, 6.07) is 10.6. The van der Waals surface area contributed by atoms with Crippen molar-refractivity contribution >= 4 is 83.1 Å². The first-order valence-corrected chi connectivity index (χ1v) is 47.2. The van der Waals surface area contributed by atoms with Gasteiger partial charge in [-0.05, 0) is 182 Å². The van der Waals surface area contributed by atoms with E-state index in [2.05, 4.69) is 110 Å². The van der Waals surface area contributed by atoms with E-state index in [0.29, 0.717) is 126 Å². The first kappa shape index (κ1) is 112. The number of rotatable bonds is 60. The summed E-state index contributed by atoms with van der Waals surface area (Å²) >= 11 is 0. The molecule has 1 saturated carbocycles. The quantitative estimate of drug-likeness (QED) is 0.0171. The number of benzene rings is 4. The van der Waals surface area contributed by atoms with Crippen molar-refractivity contribution in [3.8, 4) is 16.9 Å². The number of aromatic amines is 3. The second-order valence-corrected chi connectivity index (χ2v) is 35.7. The molecule has 0 bridgehead atoms. The minimum absolute atomic E-state index is 0.0279. The Hall–Kier alpha value is -14.0. The summed E-state index contributed by atoms with van der Waals surface area (Å²) in [4.78, 5) is 199. The van der Waals surface area contributed by atoms with Gasteiger partial charge in [0.2, 0.25) is 65.0 Å². The number of aromatic nitrogens is 9. The summed E-state index contributed by atoms with van der Waals surface area (Å²) in [6.45, 7) is 12.5. The van der Waals surface area contributed by atoms with Crippen LogP contribution in [0.2, 0.25) is 0 Å². The molecule has 1 fully saturated rings. The van der Waals surface area contributed by atoms with Gasteiger partial charge in [-0.3, -0.25) is 62.6 Å². The number of H-pyrrole nitrogens is 3. The van der Waals surface area contributed by atoms with Crippen molar-refractivity contribution in [2.45, 2.75) is 212 Å². The molecular formula is C95H131FN22O24. The molecule has 2 aliphatic rings. The number of halogens is 1. The molecule has 0 radical (unpaired) electrons. The summed E-state index contributed by atoms with van der Waals surface area (Å²) in [5.74, 6) is -13.0. The Morgan fingerprint density at radius 2 is 1.23 bits per heavy atom. The normalized spacial score (nSPS) is 16.0. The van der Waals surface area contributed by atoms with Crippen molar-refractivity contribution in [3.05, 3.63) is 160 Å². The van der Waals surface area contributed by atoms with Crippen molar-refractivity contribution < 1.29 is 120 Å². The third-order valence-corrected chi connectivity index (χ3v) is 24.1. The number of aliphatic carboxylic acids is 1. The number of hydrogen-bond acceptors (Lipinski definition) is 29. The van der Waals surface area contributed by atoms with Crippen LogP contribution >= 0.6 is 0 Å². The number of carboxylic acid groups (broad SMARTS) is 1. The van der Waals surface area contributed by atoms with E-state index in [1.165, 1.54) is 38.4 Å². The van der Waals surface area contributed by atoms with Crippen molar-refractivity contribution in [1.82, 2.24) is 110 Å². The molecule has 0 unspecified atom stereocenters. The van der Waals surface area contributed by atoms with Crippen LogP contribution in [0.4, 0.5) is 14.0 Å². The second-order valence-electron chi connectivity index (χ2n) is 35.7. The number of carboxylic acids is 1. The fraction of sp³-hybridized carbons (Fsp3) is 0.537. The van der Waals surface area contributed by atoms with Gasteiger partial charge in [-0.1, -0.05) is 95.2 Å². The van der Waals surface area contributed by atoms with E-state index in [0.717, 1.165) is 97.3 Å². The Labute approximate surface area is 818 Å². The van der Waals surface area contributed by atoms with Crippen LogP contribution in [0.15, 0.2) is 97.5 Å². The number of nitrogens with zero attached hydrogens (tertiary/aromatic N) is 6. The highest BCUT2D eigenvalue weighted by Gasteiger charge is 2.51. The lowest BCUT2D eigenvalue weighted by molar-refractivity contribution is -0.143. The number of aliphatic hydroxyl groups is 3.